The van der Waals surface area contributed by atoms with E-state index >= 15 is 0 Å². The lowest BCUT2D eigenvalue weighted by Crippen LogP contribution is -2.46. The van der Waals surface area contributed by atoms with Crippen LogP contribution >= 0.6 is 0 Å². The first-order valence-electron chi connectivity index (χ1n) is 8.01. The van der Waals surface area contributed by atoms with Crippen molar-refractivity contribution >= 4 is 11.8 Å². The maximum absolute atomic E-state index is 11.3. The normalized spacial score (nSPS) is 15.5. The number of aromatic nitrogens is 1. The van der Waals surface area contributed by atoms with Gasteiger partial charge in [-0.2, -0.15) is 0 Å². The zero-order valence-electron chi connectivity index (χ0n) is 13.4. The Kier molecular flexibility index (Phi) is 5.08. The molecule has 6 nitrogen and oxygen atoms in total. The third-order valence-corrected chi connectivity index (χ3v) is 4.30. The third-order valence-electron chi connectivity index (χ3n) is 4.30. The van der Waals surface area contributed by atoms with E-state index in [-0.39, 0.29) is 12.2 Å². The minimum atomic E-state index is -0.940. The van der Waals surface area contributed by atoms with Gasteiger partial charge in [0.15, 0.2) is 0 Å². The Morgan fingerprint density at radius 1 is 1.04 bits per heavy atom. The maximum Gasteiger partial charge on any atom is 0.339 e. The van der Waals surface area contributed by atoms with Gasteiger partial charge in [0.05, 0.1) is 6.61 Å². The molecular weight excluding hydrogens is 306 g/mol. The van der Waals surface area contributed by atoms with Crippen molar-refractivity contribution in [2.75, 3.05) is 31.1 Å². The Morgan fingerprint density at radius 2 is 1.71 bits per heavy atom. The van der Waals surface area contributed by atoms with Gasteiger partial charge >= 0.3 is 5.97 Å². The summed E-state index contributed by atoms with van der Waals surface area (Å²) in [6, 6.07) is 11.2. The van der Waals surface area contributed by atoms with E-state index in [0.717, 1.165) is 38.3 Å². The summed E-state index contributed by atoms with van der Waals surface area (Å²) >= 11 is 0. The van der Waals surface area contributed by atoms with Crippen LogP contribution in [-0.2, 0) is 13.2 Å². The molecule has 0 atom stereocenters. The van der Waals surface area contributed by atoms with Crippen LogP contribution in [0.15, 0.2) is 42.6 Å². The molecule has 0 spiro atoms. The quantitative estimate of drug-likeness (QED) is 0.868. The summed E-state index contributed by atoms with van der Waals surface area (Å²) in [5.74, 6) is -0.388. The molecule has 2 N–H and O–H groups in total. The average molecular weight is 327 g/mol. The minimum absolute atomic E-state index is 0.0644. The van der Waals surface area contributed by atoms with Crippen molar-refractivity contribution in [3.63, 3.8) is 0 Å². The SMILES string of the molecule is O=C(O)c1cccnc1N1CCN(Cc2ccc(CO)cc2)CC1. The fraction of sp³-hybridized carbons (Fsp3) is 0.333. The smallest absolute Gasteiger partial charge is 0.339 e. The lowest BCUT2D eigenvalue weighted by atomic mass is 10.1. The highest BCUT2D eigenvalue weighted by Gasteiger charge is 2.22. The molecule has 0 radical (unpaired) electrons. The van der Waals surface area contributed by atoms with E-state index in [1.54, 1.807) is 18.3 Å². The van der Waals surface area contributed by atoms with E-state index in [1.165, 1.54) is 5.56 Å². The van der Waals surface area contributed by atoms with Crippen molar-refractivity contribution in [3.8, 4) is 0 Å². The molecule has 2 aromatic rings. The topological polar surface area (TPSA) is 76.9 Å². The number of aliphatic hydroxyl groups is 1. The van der Waals surface area contributed by atoms with Crippen LogP contribution in [0, 0.1) is 0 Å². The molecule has 3 rings (SSSR count). The Morgan fingerprint density at radius 3 is 2.33 bits per heavy atom. The molecule has 0 amide bonds. The molecule has 2 heterocycles. The lowest BCUT2D eigenvalue weighted by Gasteiger charge is -2.35. The molecule has 1 aromatic heterocycles. The van der Waals surface area contributed by atoms with Crippen molar-refractivity contribution in [1.82, 2.24) is 9.88 Å². The van der Waals surface area contributed by atoms with Crippen molar-refractivity contribution < 1.29 is 15.0 Å². The van der Waals surface area contributed by atoms with Crippen molar-refractivity contribution in [1.29, 1.82) is 0 Å². The maximum atomic E-state index is 11.3. The standard InChI is InChI=1S/C18H21N3O3/c22-13-15-5-3-14(4-6-15)12-20-8-10-21(11-9-20)17-16(18(23)24)2-1-7-19-17/h1-7,22H,8-13H2,(H,23,24). The van der Waals surface area contributed by atoms with Gasteiger partial charge in [-0.25, -0.2) is 9.78 Å². The molecule has 1 fully saturated rings. The second-order valence-corrected chi connectivity index (χ2v) is 5.92. The first-order chi connectivity index (χ1) is 11.7. The highest BCUT2D eigenvalue weighted by molar-refractivity contribution is 5.93. The number of benzene rings is 1. The predicted molar refractivity (Wildman–Crippen MR) is 91.1 cm³/mol. The predicted octanol–water partition coefficient (Wildman–Crippen LogP) is 1.59. The van der Waals surface area contributed by atoms with E-state index in [4.69, 9.17) is 5.11 Å². The van der Waals surface area contributed by atoms with Crippen LogP contribution in [0.5, 0.6) is 0 Å². The van der Waals surface area contributed by atoms with Crippen molar-refractivity contribution in [2.24, 2.45) is 0 Å². The molecule has 126 valence electrons. The number of hydrogen-bond donors (Lipinski definition) is 2. The number of carboxylic acid groups (broad SMARTS) is 1. The molecule has 1 aromatic carbocycles. The van der Waals surface area contributed by atoms with Crippen LogP contribution in [-0.4, -0.2) is 52.2 Å². The minimum Gasteiger partial charge on any atom is -0.478 e. The van der Waals surface area contributed by atoms with Gasteiger partial charge in [0.25, 0.3) is 0 Å². The Labute approximate surface area is 141 Å². The Hall–Kier alpha value is -2.44. The summed E-state index contributed by atoms with van der Waals surface area (Å²) in [6.07, 6.45) is 1.64. The number of hydrogen-bond acceptors (Lipinski definition) is 5. The average Bonchev–Trinajstić information content (AvgIpc) is 2.63. The van der Waals surface area contributed by atoms with Crippen LogP contribution in [0.25, 0.3) is 0 Å². The zero-order valence-corrected chi connectivity index (χ0v) is 13.4. The molecule has 0 bridgehead atoms. The Bertz CT molecular complexity index is 695. The summed E-state index contributed by atoms with van der Waals surface area (Å²) in [6.45, 7) is 4.15. The van der Waals surface area contributed by atoms with E-state index < -0.39 is 5.97 Å². The number of rotatable bonds is 5. The van der Waals surface area contributed by atoms with E-state index in [2.05, 4.69) is 9.88 Å². The number of carbonyl (C=O) groups is 1. The van der Waals surface area contributed by atoms with Crippen LogP contribution in [0.3, 0.4) is 0 Å². The first kappa shape index (κ1) is 16.4. The molecule has 0 aliphatic carbocycles. The fourth-order valence-electron chi connectivity index (χ4n) is 2.94. The summed E-state index contributed by atoms with van der Waals surface area (Å²) < 4.78 is 0. The van der Waals surface area contributed by atoms with Crippen LogP contribution < -0.4 is 4.90 Å². The summed E-state index contributed by atoms with van der Waals surface area (Å²) in [5, 5.41) is 18.4. The lowest BCUT2D eigenvalue weighted by molar-refractivity contribution is 0.0697. The summed E-state index contributed by atoms with van der Waals surface area (Å²) in [5.41, 5.74) is 2.38. The fourth-order valence-corrected chi connectivity index (χ4v) is 2.94. The monoisotopic (exact) mass is 327 g/mol. The Balaban J connectivity index is 1.60. The van der Waals surface area contributed by atoms with E-state index in [9.17, 15) is 9.90 Å². The highest BCUT2D eigenvalue weighted by atomic mass is 16.4. The van der Waals surface area contributed by atoms with Crippen LogP contribution in [0.4, 0.5) is 5.82 Å². The van der Waals surface area contributed by atoms with Gasteiger partial charge in [-0.1, -0.05) is 24.3 Å². The molecule has 1 aliphatic heterocycles. The molecule has 24 heavy (non-hydrogen) atoms. The van der Waals surface area contributed by atoms with Crippen molar-refractivity contribution in [3.05, 3.63) is 59.3 Å². The number of nitrogens with zero attached hydrogens (tertiary/aromatic N) is 3. The van der Waals surface area contributed by atoms with E-state index in [0.29, 0.717) is 5.82 Å². The molecule has 1 aliphatic rings. The number of anilines is 1. The zero-order chi connectivity index (χ0) is 16.9. The second kappa shape index (κ2) is 7.42. The number of piperazine rings is 1. The van der Waals surface area contributed by atoms with Gasteiger partial charge in [-0.15, -0.1) is 0 Å². The molecule has 1 saturated heterocycles. The van der Waals surface area contributed by atoms with Crippen LogP contribution in [0.1, 0.15) is 21.5 Å². The van der Waals surface area contributed by atoms with E-state index in [1.807, 2.05) is 29.2 Å². The van der Waals surface area contributed by atoms with Gasteiger partial charge in [-0.05, 0) is 23.3 Å². The van der Waals surface area contributed by atoms with Gasteiger partial charge in [-0.3, -0.25) is 4.90 Å². The summed E-state index contributed by atoms with van der Waals surface area (Å²) in [4.78, 5) is 20.0. The molecule has 6 heteroatoms. The summed E-state index contributed by atoms with van der Waals surface area (Å²) in [7, 11) is 0. The number of pyridine rings is 1. The van der Waals surface area contributed by atoms with Gasteiger partial charge in [0, 0.05) is 38.9 Å². The first-order valence-corrected chi connectivity index (χ1v) is 8.01. The second-order valence-electron chi connectivity index (χ2n) is 5.92. The highest BCUT2D eigenvalue weighted by Crippen LogP contribution is 2.19. The van der Waals surface area contributed by atoms with Crippen LogP contribution in [0.2, 0.25) is 0 Å². The van der Waals surface area contributed by atoms with Gasteiger partial charge in [0.1, 0.15) is 11.4 Å². The molecule has 0 unspecified atom stereocenters. The number of carboxylic acids is 1. The molecular formula is C18H21N3O3. The number of aliphatic hydroxyl groups excluding tert-OH is 1. The largest absolute Gasteiger partial charge is 0.478 e. The third kappa shape index (κ3) is 3.72. The van der Waals surface area contributed by atoms with Gasteiger partial charge < -0.3 is 15.1 Å². The van der Waals surface area contributed by atoms with Crippen molar-refractivity contribution in [2.45, 2.75) is 13.2 Å². The number of aromatic carboxylic acids is 1. The van der Waals surface area contributed by atoms with Gasteiger partial charge in [0.2, 0.25) is 0 Å². The molecule has 0 saturated carbocycles.